The van der Waals surface area contributed by atoms with Crippen molar-refractivity contribution in [2.75, 3.05) is 25.1 Å². The molecule has 0 bridgehead atoms. The summed E-state index contributed by atoms with van der Waals surface area (Å²) in [6, 6.07) is 1.64. The summed E-state index contributed by atoms with van der Waals surface area (Å²) in [5.74, 6) is -0.824. The van der Waals surface area contributed by atoms with Crippen LogP contribution in [0.2, 0.25) is 0 Å². The zero-order valence-electron chi connectivity index (χ0n) is 11.5. The van der Waals surface area contributed by atoms with E-state index >= 15 is 0 Å². The topological polar surface area (TPSA) is 64.3 Å². The Labute approximate surface area is 118 Å². The normalized spacial score (nSPS) is 17.8. The van der Waals surface area contributed by atoms with Crippen molar-refractivity contribution < 1.29 is 17.9 Å². The number of rotatable bonds is 3. The Bertz CT molecular complexity index is 677. The minimum atomic E-state index is -4.59. The summed E-state index contributed by atoms with van der Waals surface area (Å²) in [7, 11) is 0. The quantitative estimate of drug-likeness (QED) is 0.938. The standard InChI is InChI=1S/C12H14F3N5O/c1-7-3-8(16-4-11(2)5-21-6-11)20-10(17-7)18-9(19-20)12(13,14)15/h3,16H,4-6H2,1-2H3. The summed E-state index contributed by atoms with van der Waals surface area (Å²) < 4.78 is 44.3. The average molecular weight is 301 g/mol. The molecule has 0 amide bonds. The van der Waals surface area contributed by atoms with Crippen molar-refractivity contribution in [2.45, 2.75) is 20.0 Å². The van der Waals surface area contributed by atoms with Crippen molar-refractivity contribution >= 4 is 11.6 Å². The van der Waals surface area contributed by atoms with Crippen LogP contribution >= 0.6 is 0 Å². The highest BCUT2D eigenvalue weighted by molar-refractivity contribution is 5.45. The molecular formula is C12H14F3N5O. The second-order valence-electron chi connectivity index (χ2n) is 5.58. The highest BCUT2D eigenvalue weighted by Crippen LogP contribution is 2.29. The number of fused-ring (bicyclic) bond motifs is 1. The van der Waals surface area contributed by atoms with Crippen LogP contribution in [0.1, 0.15) is 18.4 Å². The maximum Gasteiger partial charge on any atom is 0.453 e. The number of alkyl halides is 3. The van der Waals surface area contributed by atoms with E-state index in [1.807, 2.05) is 6.92 Å². The van der Waals surface area contributed by atoms with Crippen LogP contribution in [0, 0.1) is 12.3 Å². The summed E-state index contributed by atoms with van der Waals surface area (Å²) in [4.78, 5) is 7.41. The third kappa shape index (κ3) is 2.65. The van der Waals surface area contributed by atoms with Gasteiger partial charge in [-0.3, -0.25) is 0 Å². The molecule has 1 N–H and O–H groups in total. The number of aryl methyl sites for hydroxylation is 1. The van der Waals surface area contributed by atoms with Gasteiger partial charge in [-0.15, -0.1) is 5.10 Å². The van der Waals surface area contributed by atoms with Gasteiger partial charge >= 0.3 is 6.18 Å². The van der Waals surface area contributed by atoms with Gasteiger partial charge in [0, 0.05) is 23.7 Å². The number of anilines is 1. The van der Waals surface area contributed by atoms with E-state index in [9.17, 15) is 13.2 Å². The van der Waals surface area contributed by atoms with Crippen LogP contribution in [0.3, 0.4) is 0 Å². The number of nitrogens with zero attached hydrogens (tertiary/aromatic N) is 4. The van der Waals surface area contributed by atoms with E-state index in [0.29, 0.717) is 31.3 Å². The second kappa shape index (κ2) is 4.55. The molecule has 0 saturated carbocycles. The van der Waals surface area contributed by atoms with Crippen molar-refractivity contribution in [1.29, 1.82) is 0 Å². The lowest BCUT2D eigenvalue weighted by Crippen LogP contribution is -2.45. The van der Waals surface area contributed by atoms with E-state index in [1.54, 1.807) is 13.0 Å². The molecule has 9 heteroatoms. The molecule has 0 radical (unpaired) electrons. The van der Waals surface area contributed by atoms with E-state index in [2.05, 4.69) is 20.4 Å². The summed E-state index contributed by atoms with van der Waals surface area (Å²) in [6.45, 7) is 5.56. The molecule has 114 valence electrons. The third-order valence-corrected chi connectivity index (χ3v) is 3.29. The van der Waals surface area contributed by atoms with Crippen LogP contribution in [-0.4, -0.2) is 39.3 Å². The molecule has 2 aromatic heterocycles. The molecular weight excluding hydrogens is 287 g/mol. The fourth-order valence-corrected chi connectivity index (χ4v) is 2.09. The first-order valence-electron chi connectivity index (χ1n) is 6.40. The van der Waals surface area contributed by atoms with E-state index < -0.39 is 12.0 Å². The van der Waals surface area contributed by atoms with Gasteiger partial charge in [0.1, 0.15) is 5.82 Å². The van der Waals surface area contributed by atoms with E-state index in [0.717, 1.165) is 4.52 Å². The van der Waals surface area contributed by atoms with Crippen LogP contribution in [0.5, 0.6) is 0 Å². The number of ether oxygens (including phenoxy) is 1. The molecule has 1 aliphatic heterocycles. The van der Waals surface area contributed by atoms with Gasteiger partial charge in [-0.05, 0) is 6.92 Å². The number of hydrogen-bond donors (Lipinski definition) is 1. The molecule has 1 fully saturated rings. The number of aromatic nitrogens is 4. The van der Waals surface area contributed by atoms with Crippen LogP contribution in [0.15, 0.2) is 6.07 Å². The van der Waals surface area contributed by atoms with Crippen molar-refractivity contribution in [1.82, 2.24) is 19.6 Å². The minimum absolute atomic E-state index is 0.0169. The van der Waals surface area contributed by atoms with Crippen molar-refractivity contribution in [2.24, 2.45) is 5.41 Å². The molecule has 0 unspecified atom stereocenters. The van der Waals surface area contributed by atoms with Crippen molar-refractivity contribution in [3.8, 4) is 0 Å². The van der Waals surface area contributed by atoms with Gasteiger partial charge in [-0.25, -0.2) is 4.98 Å². The fourth-order valence-electron chi connectivity index (χ4n) is 2.09. The van der Waals surface area contributed by atoms with Gasteiger partial charge in [0.05, 0.1) is 13.2 Å². The van der Waals surface area contributed by atoms with E-state index in [1.165, 1.54) is 0 Å². The summed E-state index contributed by atoms with van der Waals surface area (Å²) >= 11 is 0. The van der Waals surface area contributed by atoms with Gasteiger partial charge in [0.25, 0.3) is 11.6 Å². The van der Waals surface area contributed by atoms with Crippen LogP contribution in [0.4, 0.5) is 19.0 Å². The third-order valence-electron chi connectivity index (χ3n) is 3.29. The number of hydrogen-bond acceptors (Lipinski definition) is 5. The molecule has 3 heterocycles. The second-order valence-corrected chi connectivity index (χ2v) is 5.58. The lowest BCUT2D eigenvalue weighted by atomic mass is 9.89. The predicted molar refractivity (Wildman–Crippen MR) is 67.9 cm³/mol. The van der Waals surface area contributed by atoms with Crippen LogP contribution < -0.4 is 5.32 Å². The first-order valence-corrected chi connectivity index (χ1v) is 6.40. The molecule has 1 aliphatic rings. The van der Waals surface area contributed by atoms with Crippen LogP contribution in [0.25, 0.3) is 5.78 Å². The Kier molecular flexibility index (Phi) is 3.05. The first-order chi connectivity index (χ1) is 9.77. The Morgan fingerprint density at radius 1 is 1.38 bits per heavy atom. The fraction of sp³-hybridized carbons (Fsp3) is 0.583. The number of nitrogens with one attached hydrogen (secondary N) is 1. The van der Waals surface area contributed by atoms with Crippen molar-refractivity contribution in [3.05, 3.63) is 17.6 Å². The highest BCUT2D eigenvalue weighted by Gasteiger charge is 2.37. The lowest BCUT2D eigenvalue weighted by Gasteiger charge is -2.38. The van der Waals surface area contributed by atoms with Gasteiger partial charge in [0.15, 0.2) is 0 Å². The molecule has 3 rings (SSSR count). The van der Waals surface area contributed by atoms with Gasteiger partial charge in [0.2, 0.25) is 0 Å². The Morgan fingerprint density at radius 2 is 2.10 bits per heavy atom. The minimum Gasteiger partial charge on any atom is -0.380 e. The van der Waals surface area contributed by atoms with Gasteiger partial charge in [-0.1, -0.05) is 6.92 Å². The molecule has 0 atom stereocenters. The molecule has 0 aromatic carbocycles. The Hall–Kier alpha value is -1.90. The maximum absolute atomic E-state index is 12.7. The smallest absolute Gasteiger partial charge is 0.380 e. The molecule has 2 aromatic rings. The van der Waals surface area contributed by atoms with Gasteiger partial charge in [-0.2, -0.15) is 22.7 Å². The zero-order chi connectivity index (χ0) is 15.3. The Balaban J connectivity index is 1.94. The summed E-state index contributed by atoms with van der Waals surface area (Å²) in [6.07, 6.45) is -4.59. The van der Waals surface area contributed by atoms with Crippen LogP contribution in [-0.2, 0) is 10.9 Å². The first kappa shape index (κ1) is 14.1. The predicted octanol–water partition coefficient (Wildman–Crippen LogP) is 1.90. The number of halogens is 3. The average Bonchev–Trinajstić information content (AvgIpc) is 2.77. The van der Waals surface area contributed by atoms with E-state index in [-0.39, 0.29) is 11.2 Å². The largest absolute Gasteiger partial charge is 0.453 e. The van der Waals surface area contributed by atoms with Crippen molar-refractivity contribution in [3.63, 3.8) is 0 Å². The molecule has 6 nitrogen and oxygen atoms in total. The Morgan fingerprint density at radius 3 is 2.67 bits per heavy atom. The zero-order valence-corrected chi connectivity index (χ0v) is 11.5. The van der Waals surface area contributed by atoms with E-state index in [4.69, 9.17) is 4.74 Å². The monoisotopic (exact) mass is 301 g/mol. The molecule has 1 saturated heterocycles. The molecule has 0 aliphatic carbocycles. The molecule has 0 spiro atoms. The molecule has 21 heavy (non-hydrogen) atoms. The SMILES string of the molecule is Cc1cc(NCC2(C)COC2)n2nc(C(F)(F)F)nc2n1. The van der Waals surface area contributed by atoms with Gasteiger partial charge < -0.3 is 10.1 Å². The highest BCUT2D eigenvalue weighted by atomic mass is 19.4. The maximum atomic E-state index is 12.7. The lowest BCUT2D eigenvalue weighted by molar-refractivity contribution is -0.144. The summed E-state index contributed by atoms with van der Waals surface area (Å²) in [5, 5.41) is 6.60. The summed E-state index contributed by atoms with van der Waals surface area (Å²) in [5.41, 5.74) is 0.554.